The third kappa shape index (κ3) is 2.67. The van der Waals surface area contributed by atoms with Crippen LogP contribution in [0.3, 0.4) is 0 Å². The van der Waals surface area contributed by atoms with Crippen molar-refractivity contribution in [3.05, 3.63) is 84.4 Å². The molecule has 3 heteroatoms. The highest BCUT2D eigenvalue weighted by Gasteiger charge is 2.07. The number of hydrogen-bond acceptors (Lipinski definition) is 2. The molecule has 0 unspecified atom stereocenters. The summed E-state index contributed by atoms with van der Waals surface area (Å²) >= 11 is 1.75. The van der Waals surface area contributed by atoms with E-state index in [2.05, 4.69) is 83.8 Å². The van der Waals surface area contributed by atoms with Crippen LogP contribution in [0.25, 0.3) is 32.6 Å². The van der Waals surface area contributed by atoms with Crippen molar-refractivity contribution in [3.8, 4) is 0 Å². The van der Waals surface area contributed by atoms with Gasteiger partial charge in [0.25, 0.3) is 0 Å². The monoisotopic (exact) mass is 340 g/mol. The van der Waals surface area contributed by atoms with E-state index in [-0.39, 0.29) is 0 Å². The van der Waals surface area contributed by atoms with Gasteiger partial charge in [-0.3, -0.25) is 0 Å². The van der Waals surface area contributed by atoms with E-state index in [1.165, 1.54) is 27.1 Å². The van der Waals surface area contributed by atoms with E-state index in [1.54, 1.807) is 11.8 Å². The maximum atomic E-state index is 4.77. The number of aromatic amines is 1. The zero-order chi connectivity index (χ0) is 16.6. The minimum Gasteiger partial charge on any atom is -0.333 e. The molecule has 0 aliphatic heterocycles. The summed E-state index contributed by atoms with van der Waals surface area (Å²) in [4.78, 5) is 8.22. The maximum absolute atomic E-state index is 4.77. The van der Waals surface area contributed by atoms with E-state index >= 15 is 0 Å². The number of fused-ring (bicyclic) bond motifs is 3. The van der Waals surface area contributed by atoms with Gasteiger partial charge < -0.3 is 4.98 Å². The molecular weight excluding hydrogens is 324 g/mol. The summed E-state index contributed by atoms with van der Waals surface area (Å²) in [6, 6.07) is 27.8. The Bertz CT molecular complexity index is 1150. The number of nitrogens with zero attached hydrogens (tertiary/aromatic N) is 1. The van der Waals surface area contributed by atoms with Crippen molar-refractivity contribution in [2.75, 3.05) is 0 Å². The average Bonchev–Trinajstić information content (AvgIpc) is 3.06. The number of H-pyrrole nitrogens is 1. The van der Waals surface area contributed by atoms with Crippen LogP contribution in [-0.2, 0) is 5.75 Å². The van der Waals surface area contributed by atoms with Crippen molar-refractivity contribution in [2.45, 2.75) is 10.9 Å². The number of nitrogens with one attached hydrogen (secondary N) is 1. The van der Waals surface area contributed by atoms with Gasteiger partial charge in [-0.15, -0.1) is 0 Å². The van der Waals surface area contributed by atoms with Gasteiger partial charge in [0.15, 0.2) is 5.16 Å². The maximum Gasteiger partial charge on any atom is 0.166 e. The number of thioether (sulfide) groups is 1. The van der Waals surface area contributed by atoms with Crippen molar-refractivity contribution in [1.82, 2.24) is 9.97 Å². The molecule has 5 rings (SSSR count). The molecule has 5 aromatic rings. The standard InChI is InChI=1S/C22H16N2S/c1-2-8-17-13-21-20(12-16(17)7-1)23-22(24-21)25-14-18-10-5-9-15-6-3-4-11-19(15)18/h1-13H,14H2,(H,23,24). The fourth-order valence-corrected chi connectivity index (χ4v) is 4.20. The summed E-state index contributed by atoms with van der Waals surface area (Å²) in [7, 11) is 0. The molecule has 0 amide bonds. The van der Waals surface area contributed by atoms with Crippen molar-refractivity contribution in [1.29, 1.82) is 0 Å². The molecular formula is C22H16N2S. The lowest BCUT2D eigenvalue weighted by atomic mass is 10.1. The first kappa shape index (κ1) is 14.6. The summed E-state index contributed by atoms with van der Waals surface area (Å²) in [5, 5.41) is 6.05. The topological polar surface area (TPSA) is 28.7 Å². The molecule has 0 aliphatic carbocycles. The number of benzene rings is 4. The zero-order valence-corrected chi connectivity index (χ0v) is 14.4. The second kappa shape index (κ2) is 5.94. The van der Waals surface area contributed by atoms with Gasteiger partial charge in [0.1, 0.15) is 0 Å². The summed E-state index contributed by atoms with van der Waals surface area (Å²) in [6.45, 7) is 0. The van der Waals surface area contributed by atoms with Crippen molar-refractivity contribution >= 4 is 44.3 Å². The summed E-state index contributed by atoms with van der Waals surface area (Å²) in [5.74, 6) is 0.903. The highest BCUT2D eigenvalue weighted by atomic mass is 32.2. The number of rotatable bonds is 3. The van der Waals surface area contributed by atoms with Crippen LogP contribution in [-0.4, -0.2) is 9.97 Å². The molecule has 4 aromatic carbocycles. The fraction of sp³-hybridized carbons (Fsp3) is 0.0455. The highest BCUT2D eigenvalue weighted by molar-refractivity contribution is 7.98. The van der Waals surface area contributed by atoms with Crippen LogP contribution in [0.15, 0.2) is 84.0 Å². The first-order valence-electron chi connectivity index (χ1n) is 8.35. The first-order valence-corrected chi connectivity index (χ1v) is 9.33. The third-order valence-corrected chi connectivity index (χ3v) is 5.49. The Hall–Kier alpha value is -2.78. The van der Waals surface area contributed by atoms with E-state index in [9.17, 15) is 0 Å². The normalized spacial score (nSPS) is 11.5. The molecule has 0 saturated carbocycles. The molecule has 120 valence electrons. The minimum absolute atomic E-state index is 0.903. The second-order valence-electron chi connectivity index (χ2n) is 6.19. The van der Waals surface area contributed by atoms with E-state index in [1.807, 2.05) is 0 Å². The second-order valence-corrected chi connectivity index (χ2v) is 7.15. The molecule has 25 heavy (non-hydrogen) atoms. The molecule has 1 N–H and O–H groups in total. The van der Waals surface area contributed by atoms with E-state index in [0.717, 1.165) is 21.9 Å². The highest BCUT2D eigenvalue weighted by Crippen LogP contribution is 2.28. The van der Waals surface area contributed by atoms with Gasteiger partial charge in [0, 0.05) is 5.75 Å². The van der Waals surface area contributed by atoms with E-state index in [4.69, 9.17) is 4.98 Å². The quantitative estimate of drug-likeness (QED) is 0.398. The molecule has 0 spiro atoms. The minimum atomic E-state index is 0.903. The largest absolute Gasteiger partial charge is 0.333 e. The lowest BCUT2D eigenvalue weighted by Crippen LogP contribution is -1.84. The molecule has 1 aromatic heterocycles. The molecule has 2 nitrogen and oxygen atoms in total. The van der Waals surface area contributed by atoms with E-state index < -0.39 is 0 Å². The van der Waals surface area contributed by atoms with Crippen molar-refractivity contribution in [3.63, 3.8) is 0 Å². The predicted molar refractivity (Wildman–Crippen MR) is 107 cm³/mol. The fourth-order valence-electron chi connectivity index (χ4n) is 3.31. The van der Waals surface area contributed by atoms with Crippen LogP contribution >= 0.6 is 11.8 Å². The Morgan fingerprint density at radius 2 is 1.48 bits per heavy atom. The molecule has 0 fully saturated rings. The van der Waals surface area contributed by atoms with Gasteiger partial charge in [0.2, 0.25) is 0 Å². The lowest BCUT2D eigenvalue weighted by Gasteiger charge is -2.04. The average molecular weight is 340 g/mol. The van der Waals surface area contributed by atoms with Crippen LogP contribution in [0, 0.1) is 0 Å². The van der Waals surface area contributed by atoms with Gasteiger partial charge in [-0.05, 0) is 39.2 Å². The van der Waals surface area contributed by atoms with Crippen molar-refractivity contribution in [2.24, 2.45) is 0 Å². The summed E-state index contributed by atoms with van der Waals surface area (Å²) in [5.41, 5.74) is 3.46. The van der Waals surface area contributed by atoms with Gasteiger partial charge in [-0.25, -0.2) is 4.98 Å². The SMILES string of the molecule is c1ccc2cc3[nH]c(SCc4cccc5ccccc45)nc3cc2c1. The van der Waals surface area contributed by atoms with E-state index in [0.29, 0.717) is 0 Å². The smallest absolute Gasteiger partial charge is 0.166 e. The van der Waals surface area contributed by atoms with Crippen LogP contribution < -0.4 is 0 Å². The van der Waals surface area contributed by atoms with Gasteiger partial charge in [0.05, 0.1) is 11.0 Å². The van der Waals surface area contributed by atoms with Gasteiger partial charge >= 0.3 is 0 Å². The zero-order valence-electron chi connectivity index (χ0n) is 13.6. The Morgan fingerprint density at radius 3 is 2.36 bits per heavy atom. The number of hydrogen-bond donors (Lipinski definition) is 1. The summed E-state index contributed by atoms with van der Waals surface area (Å²) in [6.07, 6.45) is 0. The van der Waals surface area contributed by atoms with Crippen LogP contribution in [0.5, 0.6) is 0 Å². The third-order valence-electron chi connectivity index (χ3n) is 4.57. The Balaban J connectivity index is 1.48. The molecule has 0 atom stereocenters. The van der Waals surface area contributed by atoms with Crippen LogP contribution in [0.2, 0.25) is 0 Å². The molecule has 1 heterocycles. The molecule has 0 radical (unpaired) electrons. The Morgan fingerprint density at radius 1 is 0.760 bits per heavy atom. The lowest BCUT2D eigenvalue weighted by molar-refractivity contribution is 1.08. The van der Waals surface area contributed by atoms with Gasteiger partial charge in [-0.1, -0.05) is 78.5 Å². The number of imidazole rings is 1. The summed E-state index contributed by atoms with van der Waals surface area (Å²) < 4.78 is 0. The van der Waals surface area contributed by atoms with Crippen molar-refractivity contribution < 1.29 is 0 Å². The Kier molecular flexibility index (Phi) is 3.46. The number of aromatic nitrogens is 2. The van der Waals surface area contributed by atoms with Crippen LogP contribution in [0.1, 0.15) is 5.56 Å². The predicted octanol–water partition coefficient (Wildman–Crippen LogP) is 6.16. The van der Waals surface area contributed by atoms with Crippen LogP contribution in [0.4, 0.5) is 0 Å². The Labute approximate surface area is 149 Å². The first-order chi connectivity index (χ1) is 12.4. The molecule has 0 bridgehead atoms. The molecule has 0 saturated heterocycles. The molecule has 0 aliphatic rings. The van der Waals surface area contributed by atoms with Gasteiger partial charge in [-0.2, -0.15) is 0 Å².